The average Bonchev–Trinajstić information content (AvgIpc) is 3.26. The van der Waals surface area contributed by atoms with E-state index in [4.69, 9.17) is 0 Å². The third-order valence-corrected chi connectivity index (χ3v) is 5.86. The summed E-state index contributed by atoms with van der Waals surface area (Å²) in [5.41, 5.74) is 2.06. The summed E-state index contributed by atoms with van der Waals surface area (Å²) < 4.78 is 1.93. The number of thiophene rings is 1. The number of rotatable bonds is 6. The first-order valence-electron chi connectivity index (χ1n) is 8.08. The van der Waals surface area contributed by atoms with Gasteiger partial charge in [0.1, 0.15) is 0 Å². The average molecular weight is 373 g/mol. The van der Waals surface area contributed by atoms with Crippen molar-refractivity contribution in [1.82, 2.24) is 14.8 Å². The van der Waals surface area contributed by atoms with Gasteiger partial charge in [-0.3, -0.25) is 4.79 Å². The Labute approximate surface area is 155 Å². The van der Waals surface area contributed by atoms with Gasteiger partial charge in [0.2, 0.25) is 5.91 Å². The van der Waals surface area contributed by atoms with Crippen LogP contribution in [0, 0.1) is 0 Å². The Bertz CT molecular complexity index is 841. The van der Waals surface area contributed by atoms with E-state index in [1.807, 2.05) is 60.3 Å². The van der Waals surface area contributed by atoms with Crippen molar-refractivity contribution in [3.05, 3.63) is 47.3 Å². The molecule has 130 valence electrons. The fourth-order valence-electron chi connectivity index (χ4n) is 2.32. The van der Waals surface area contributed by atoms with Gasteiger partial charge >= 0.3 is 0 Å². The Morgan fingerprint density at radius 3 is 2.68 bits per heavy atom. The number of hydrogen-bond donors (Lipinski definition) is 1. The lowest BCUT2D eigenvalue weighted by molar-refractivity contribution is -0.115. The van der Waals surface area contributed by atoms with Gasteiger partial charge in [-0.15, -0.1) is 21.5 Å². The molecule has 3 rings (SSSR count). The summed E-state index contributed by atoms with van der Waals surface area (Å²) in [7, 11) is 1.92. The van der Waals surface area contributed by atoms with Crippen LogP contribution in [-0.4, -0.2) is 25.9 Å². The van der Waals surface area contributed by atoms with Gasteiger partial charge in [-0.2, -0.15) is 0 Å². The van der Waals surface area contributed by atoms with E-state index in [1.165, 1.54) is 17.3 Å². The van der Waals surface area contributed by atoms with E-state index >= 15 is 0 Å². The van der Waals surface area contributed by atoms with Crippen LogP contribution < -0.4 is 5.32 Å². The minimum atomic E-state index is -0.273. The molecule has 0 fully saturated rings. The molecule has 0 bridgehead atoms. The number of aryl methyl sites for hydroxylation is 1. The third kappa shape index (κ3) is 4.11. The Balaban J connectivity index is 1.65. The summed E-state index contributed by atoms with van der Waals surface area (Å²) in [6.45, 7) is 3.98. The van der Waals surface area contributed by atoms with Gasteiger partial charge < -0.3 is 9.88 Å². The molecule has 0 aliphatic rings. The van der Waals surface area contributed by atoms with Gasteiger partial charge in [-0.05, 0) is 42.5 Å². The van der Waals surface area contributed by atoms with Crippen LogP contribution in [0.4, 0.5) is 5.69 Å². The maximum Gasteiger partial charge on any atom is 0.237 e. The van der Waals surface area contributed by atoms with Crippen molar-refractivity contribution in [2.24, 2.45) is 7.05 Å². The molecular formula is C18H20N4OS2. The smallest absolute Gasteiger partial charge is 0.237 e. The topological polar surface area (TPSA) is 59.8 Å². The van der Waals surface area contributed by atoms with Crippen molar-refractivity contribution >= 4 is 34.7 Å². The summed E-state index contributed by atoms with van der Waals surface area (Å²) in [6.07, 6.45) is 0.985. The molecule has 1 amide bonds. The number of anilines is 1. The Morgan fingerprint density at radius 2 is 2.04 bits per heavy atom. The van der Waals surface area contributed by atoms with E-state index < -0.39 is 0 Å². The highest BCUT2D eigenvalue weighted by molar-refractivity contribution is 8.00. The summed E-state index contributed by atoms with van der Waals surface area (Å²) in [5.74, 6) is 0.773. The molecule has 1 aromatic carbocycles. The standard InChI is InChI=1S/C18H20N4OS2/c1-4-13-7-9-14(10-8-13)19-17(23)12(2)25-18-21-20-16(22(18)3)15-6-5-11-24-15/h5-12H,4H2,1-3H3,(H,19,23). The second-order valence-corrected chi connectivity index (χ2v) is 7.90. The fourth-order valence-corrected chi connectivity index (χ4v) is 3.88. The molecule has 25 heavy (non-hydrogen) atoms. The van der Waals surface area contributed by atoms with Crippen LogP contribution in [0.1, 0.15) is 19.4 Å². The minimum Gasteiger partial charge on any atom is -0.325 e. The third-order valence-electron chi connectivity index (χ3n) is 3.86. The van der Waals surface area contributed by atoms with Crippen LogP contribution in [-0.2, 0) is 18.3 Å². The van der Waals surface area contributed by atoms with Crippen LogP contribution >= 0.6 is 23.1 Å². The Morgan fingerprint density at radius 1 is 1.28 bits per heavy atom. The molecule has 0 radical (unpaired) electrons. The van der Waals surface area contributed by atoms with Gasteiger partial charge in [0, 0.05) is 12.7 Å². The van der Waals surface area contributed by atoms with Crippen LogP contribution in [0.5, 0.6) is 0 Å². The molecule has 2 heterocycles. The first-order valence-corrected chi connectivity index (χ1v) is 9.84. The second-order valence-electron chi connectivity index (χ2n) is 5.64. The van der Waals surface area contributed by atoms with Crippen LogP contribution in [0.2, 0.25) is 0 Å². The summed E-state index contributed by atoms with van der Waals surface area (Å²) in [6, 6.07) is 11.9. The van der Waals surface area contributed by atoms with Gasteiger partial charge in [0.05, 0.1) is 10.1 Å². The number of benzene rings is 1. The first-order chi connectivity index (χ1) is 12.1. The lowest BCUT2D eigenvalue weighted by Gasteiger charge is -2.12. The molecule has 7 heteroatoms. The van der Waals surface area contributed by atoms with E-state index in [9.17, 15) is 4.79 Å². The van der Waals surface area contributed by atoms with E-state index in [0.29, 0.717) is 0 Å². The molecular weight excluding hydrogens is 352 g/mol. The minimum absolute atomic E-state index is 0.0464. The zero-order valence-electron chi connectivity index (χ0n) is 14.4. The number of nitrogens with one attached hydrogen (secondary N) is 1. The molecule has 0 saturated carbocycles. The van der Waals surface area contributed by atoms with Crippen molar-refractivity contribution in [1.29, 1.82) is 0 Å². The maximum atomic E-state index is 12.4. The van der Waals surface area contributed by atoms with Gasteiger partial charge in [0.25, 0.3) is 0 Å². The van der Waals surface area contributed by atoms with Crippen molar-refractivity contribution in [2.75, 3.05) is 5.32 Å². The lowest BCUT2D eigenvalue weighted by atomic mass is 10.1. The largest absolute Gasteiger partial charge is 0.325 e. The highest BCUT2D eigenvalue weighted by Gasteiger charge is 2.19. The van der Waals surface area contributed by atoms with Crippen molar-refractivity contribution in [2.45, 2.75) is 30.7 Å². The Hall–Kier alpha value is -2.12. The first kappa shape index (κ1) is 17.7. The van der Waals surface area contributed by atoms with Gasteiger partial charge in [-0.1, -0.05) is 36.9 Å². The molecule has 1 unspecified atom stereocenters. The number of thioether (sulfide) groups is 1. The molecule has 3 aromatic rings. The highest BCUT2D eigenvalue weighted by Crippen LogP contribution is 2.28. The molecule has 1 atom stereocenters. The number of hydrogen-bond acceptors (Lipinski definition) is 5. The maximum absolute atomic E-state index is 12.4. The summed E-state index contributed by atoms with van der Waals surface area (Å²) in [5, 5.41) is 13.9. The highest BCUT2D eigenvalue weighted by atomic mass is 32.2. The van der Waals surface area contributed by atoms with Crippen LogP contribution in [0.15, 0.2) is 46.9 Å². The molecule has 5 nitrogen and oxygen atoms in total. The van der Waals surface area contributed by atoms with E-state index in [2.05, 4.69) is 22.4 Å². The predicted molar refractivity (Wildman–Crippen MR) is 104 cm³/mol. The van der Waals surface area contributed by atoms with Crippen molar-refractivity contribution in [3.8, 4) is 10.7 Å². The zero-order chi connectivity index (χ0) is 17.8. The summed E-state index contributed by atoms with van der Waals surface area (Å²) >= 11 is 3.03. The molecule has 0 spiro atoms. The van der Waals surface area contributed by atoms with Gasteiger partial charge in [0.15, 0.2) is 11.0 Å². The van der Waals surface area contributed by atoms with E-state index in [-0.39, 0.29) is 11.2 Å². The molecule has 0 aliphatic heterocycles. The normalized spacial score (nSPS) is 12.1. The second kappa shape index (κ2) is 7.84. The molecule has 2 aromatic heterocycles. The lowest BCUT2D eigenvalue weighted by Crippen LogP contribution is -2.22. The molecule has 0 saturated heterocycles. The molecule has 0 aliphatic carbocycles. The quantitative estimate of drug-likeness (QED) is 0.658. The van der Waals surface area contributed by atoms with Crippen molar-refractivity contribution in [3.63, 3.8) is 0 Å². The molecule has 1 N–H and O–H groups in total. The summed E-state index contributed by atoms with van der Waals surface area (Å²) in [4.78, 5) is 13.5. The predicted octanol–water partition coefficient (Wildman–Crippen LogP) is 4.23. The SMILES string of the molecule is CCc1ccc(NC(=O)C(C)Sc2nnc(-c3cccs3)n2C)cc1. The number of amides is 1. The van der Waals surface area contributed by atoms with E-state index in [0.717, 1.165) is 28.0 Å². The van der Waals surface area contributed by atoms with Crippen LogP contribution in [0.3, 0.4) is 0 Å². The van der Waals surface area contributed by atoms with Gasteiger partial charge in [-0.25, -0.2) is 0 Å². The Kier molecular flexibility index (Phi) is 5.55. The number of carbonyl (C=O) groups is 1. The van der Waals surface area contributed by atoms with Crippen molar-refractivity contribution < 1.29 is 4.79 Å². The monoisotopic (exact) mass is 372 g/mol. The van der Waals surface area contributed by atoms with Crippen LogP contribution in [0.25, 0.3) is 10.7 Å². The fraction of sp³-hybridized carbons (Fsp3) is 0.278. The number of carbonyl (C=O) groups excluding carboxylic acids is 1. The number of aromatic nitrogens is 3. The van der Waals surface area contributed by atoms with E-state index in [1.54, 1.807) is 11.3 Å². The zero-order valence-corrected chi connectivity index (χ0v) is 16.0. The number of nitrogens with zero attached hydrogens (tertiary/aromatic N) is 3.